The van der Waals surface area contributed by atoms with Crippen molar-refractivity contribution in [2.24, 2.45) is 0 Å². The van der Waals surface area contributed by atoms with E-state index in [1.165, 1.54) is 0 Å². The van der Waals surface area contributed by atoms with Gasteiger partial charge < -0.3 is 10.1 Å². The molecule has 0 rings (SSSR count). The predicted molar refractivity (Wildman–Crippen MR) is 52.7 cm³/mol. The van der Waals surface area contributed by atoms with Crippen LogP contribution in [-0.4, -0.2) is 20.3 Å². The summed E-state index contributed by atoms with van der Waals surface area (Å²) in [6.07, 6.45) is 4.01. The number of methoxy groups -OCH3 is 1. The molecule has 2 heteroatoms. The Morgan fingerprint density at radius 1 is 1.36 bits per heavy atom. The third kappa shape index (κ3) is 17.7. The van der Waals surface area contributed by atoms with Crippen LogP contribution in [0.5, 0.6) is 0 Å². The third-order valence-electron chi connectivity index (χ3n) is 0.906. The van der Waals surface area contributed by atoms with Crippen LogP contribution < -0.4 is 5.32 Å². The van der Waals surface area contributed by atoms with Gasteiger partial charge in [-0.1, -0.05) is 21.3 Å². The summed E-state index contributed by atoms with van der Waals surface area (Å²) in [7, 11) is 3.55. The monoisotopic (exact) mass is 161 g/mol. The lowest BCUT2D eigenvalue weighted by atomic mass is 10.4. The molecule has 0 aromatic rings. The minimum absolute atomic E-state index is 0. The molecule has 0 aliphatic heterocycles. The summed E-state index contributed by atoms with van der Waals surface area (Å²) in [5, 5.41) is 2.87. The van der Waals surface area contributed by atoms with Gasteiger partial charge in [0.1, 0.15) is 0 Å². The van der Waals surface area contributed by atoms with Gasteiger partial charge in [-0.3, -0.25) is 0 Å². The summed E-state index contributed by atoms with van der Waals surface area (Å²) in [6.45, 7) is 5.98. The highest BCUT2D eigenvalue weighted by molar-refractivity contribution is 4.83. The molecule has 0 aliphatic carbocycles. The molecule has 2 nitrogen and oxygen atoms in total. The lowest BCUT2D eigenvalue weighted by molar-refractivity contribution is 0.156. The Hall–Kier alpha value is -0.500. The van der Waals surface area contributed by atoms with Crippen LogP contribution in [0.1, 0.15) is 28.2 Å². The minimum Gasteiger partial charge on any atom is -0.394 e. The van der Waals surface area contributed by atoms with Crippen LogP contribution in [0.25, 0.3) is 0 Å². The van der Waals surface area contributed by atoms with E-state index in [4.69, 9.17) is 4.74 Å². The quantitative estimate of drug-likeness (QED) is 0.686. The van der Waals surface area contributed by atoms with Crippen molar-refractivity contribution >= 4 is 0 Å². The van der Waals surface area contributed by atoms with E-state index in [9.17, 15) is 0 Å². The zero-order chi connectivity index (χ0) is 8.41. The van der Waals surface area contributed by atoms with Crippen LogP contribution in [0.3, 0.4) is 0 Å². The summed E-state index contributed by atoms with van der Waals surface area (Å²) >= 11 is 0. The molecule has 0 aliphatic rings. The van der Waals surface area contributed by atoms with Crippen LogP contribution in [0, 0.1) is 0 Å². The van der Waals surface area contributed by atoms with Gasteiger partial charge in [-0.2, -0.15) is 0 Å². The first-order valence-corrected chi connectivity index (χ1v) is 3.68. The fourth-order valence-corrected chi connectivity index (χ4v) is 0.310. The summed E-state index contributed by atoms with van der Waals surface area (Å²) in [5.41, 5.74) is 0. The number of nitrogens with one attached hydrogen (secondary N) is 1. The first-order valence-electron chi connectivity index (χ1n) is 3.68. The van der Waals surface area contributed by atoms with E-state index >= 15 is 0 Å². The first-order chi connectivity index (χ1) is 4.81. The number of hydrogen-bond acceptors (Lipinski definition) is 2. The normalized spacial score (nSPS) is 11.0. The van der Waals surface area contributed by atoms with Gasteiger partial charge in [0.2, 0.25) is 0 Å². The fraction of sp³-hybridized carbons (Fsp3) is 0.778. The van der Waals surface area contributed by atoms with Gasteiger partial charge >= 0.3 is 0 Å². The molecule has 0 aromatic carbocycles. The highest BCUT2D eigenvalue weighted by atomic mass is 16.5. The molecule has 1 N–H and O–H groups in total. The molecule has 0 spiro atoms. The molecule has 0 saturated carbocycles. The number of rotatable bonds is 3. The fourth-order valence-electron chi connectivity index (χ4n) is 0.310. The van der Waals surface area contributed by atoms with Crippen LogP contribution in [-0.2, 0) is 4.74 Å². The molecular weight excluding hydrogens is 138 g/mol. The maximum atomic E-state index is 4.93. The maximum absolute atomic E-state index is 4.93. The molecule has 0 radical (unpaired) electrons. The van der Waals surface area contributed by atoms with E-state index in [1.54, 1.807) is 7.11 Å². The molecule has 11 heavy (non-hydrogen) atoms. The van der Waals surface area contributed by atoms with Crippen molar-refractivity contribution < 1.29 is 4.74 Å². The second-order valence-corrected chi connectivity index (χ2v) is 1.59. The van der Waals surface area contributed by atoms with Gasteiger partial charge in [-0.25, -0.2) is 0 Å². The van der Waals surface area contributed by atoms with Crippen LogP contribution in [0.4, 0.5) is 0 Å². The molecule has 70 valence electrons. The van der Waals surface area contributed by atoms with E-state index in [0.29, 0.717) is 0 Å². The molecule has 0 heterocycles. The molecule has 0 amide bonds. The van der Waals surface area contributed by atoms with Crippen molar-refractivity contribution in [3.05, 3.63) is 12.3 Å². The second-order valence-electron chi connectivity index (χ2n) is 1.59. The van der Waals surface area contributed by atoms with Crippen molar-refractivity contribution in [3.8, 4) is 0 Å². The summed E-state index contributed by atoms with van der Waals surface area (Å²) in [5.74, 6) is 0. The second kappa shape index (κ2) is 16.2. The largest absolute Gasteiger partial charge is 0.394 e. The summed E-state index contributed by atoms with van der Waals surface area (Å²) in [4.78, 5) is 0. The summed E-state index contributed by atoms with van der Waals surface area (Å²) in [6, 6.07) is 0. The van der Waals surface area contributed by atoms with Gasteiger partial charge in [0.15, 0.2) is 0 Å². The Balaban J connectivity index is -0.000000196. The first kappa shape index (κ1) is 16.8. The highest BCUT2D eigenvalue weighted by Gasteiger charge is 1.86. The van der Waals surface area contributed by atoms with Gasteiger partial charge in [0.25, 0.3) is 0 Å². The summed E-state index contributed by atoms with van der Waals surface area (Å²) < 4.78 is 4.93. The predicted octanol–water partition coefficient (Wildman–Crippen LogP) is 2.42. The van der Waals surface area contributed by atoms with Crippen molar-refractivity contribution in [1.82, 2.24) is 5.32 Å². The highest BCUT2D eigenvalue weighted by Crippen LogP contribution is 1.86. The Labute approximate surface area is 71.6 Å². The van der Waals surface area contributed by atoms with Crippen LogP contribution in [0.2, 0.25) is 0 Å². The zero-order valence-corrected chi connectivity index (χ0v) is 7.64. The van der Waals surface area contributed by atoms with E-state index in [2.05, 4.69) is 5.32 Å². The van der Waals surface area contributed by atoms with E-state index in [0.717, 1.165) is 0 Å². The Morgan fingerprint density at radius 3 is 2.09 bits per heavy atom. The minimum atomic E-state index is 0. The maximum Gasteiger partial charge on any atom is 0.0740 e. The Morgan fingerprint density at radius 2 is 1.82 bits per heavy atom. The molecular formula is C9H23NO. The van der Waals surface area contributed by atoms with E-state index in [-0.39, 0.29) is 13.5 Å². The molecule has 0 bridgehead atoms. The number of hydrogen-bond donors (Lipinski definition) is 1. The number of ether oxygens (including phenoxy) is 1. The zero-order valence-electron chi connectivity index (χ0n) is 7.64. The average molecular weight is 161 g/mol. The standard InChI is InChI=1S/C6H13NO.C2H6.CH4/c1-6(8-3)4-5-7-2;1-2;/h4-7H,1-3H3;1-2H3;1H4/b5-4-;;. The lowest BCUT2D eigenvalue weighted by Crippen LogP contribution is -2.02. The topological polar surface area (TPSA) is 21.3 Å². The van der Waals surface area contributed by atoms with Crippen LogP contribution in [0.15, 0.2) is 12.3 Å². The van der Waals surface area contributed by atoms with E-state index < -0.39 is 0 Å². The molecule has 0 aromatic heterocycles. The molecule has 1 atom stereocenters. The van der Waals surface area contributed by atoms with Crippen molar-refractivity contribution in [3.63, 3.8) is 0 Å². The molecule has 1 unspecified atom stereocenters. The van der Waals surface area contributed by atoms with Gasteiger partial charge in [-0.15, -0.1) is 0 Å². The van der Waals surface area contributed by atoms with Crippen molar-refractivity contribution in [2.45, 2.75) is 34.3 Å². The van der Waals surface area contributed by atoms with Crippen molar-refractivity contribution in [1.29, 1.82) is 0 Å². The Bertz CT molecular complexity index is 72.0. The average Bonchev–Trinajstić information content (AvgIpc) is 2.04. The molecule has 0 fully saturated rings. The van der Waals surface area contributed by atoms with Gasteiger partial charge in [-0.05, 0) is 19.2 Å². The smallest absolute Gasteiger partial charge is 0.0740 e. The van der Waals surface area contributed by atoms with E-state index in [1.807, 2.05) is 40.1 Å². The lowest BCUT2D eigenvalue weighted by Gasteiger charge is -1.99. The van der Waals surface area contributed by atoms with Crippen LogP contribution >= 0.6 is 0 Å². The Kier molecular flexibility index (Phi) is 24.9. The molecule has 0 saturated heterocycles. The third-order valence-corrected chi connectivity index (χ3v) is 0.906. The SMILES string of the molecule is C.CC.CN/C=C\C(C)OC. The van der Waals surface area contributed by atoms with Gasteiger partial charge in [0, 0.05) is 14.2 Å². The van der Waals surface area contributed by atoms with Crippen molar-refractivity contribution in [2.75, 3.05) is 14.2 Å². The van der Waals surface area contributed by atoms with Gasteiger partial charge in [0.05, 0.1) is 6.10 Å².